The van der Waals surface area contributed by atoms with Crippen molar-refractivity contribution in [3.63, 3.8) is 0 Å². The monoisotopic (exact) mass is 353 g/mol. The molecule has 0 N–H and O–H groups in total. The van der Waals surface area contributed by atoms with Gasteiger partial charge in [-0.2, -0.15) is 4.31 Å². The molecule has 130 valence electrons. The molecule has 8 heteroatoms. The van der Waals surface area contributed by atoms with Crippen LogP contribution in [0.1, 0.15) is 50.3 Å². The Kier molecular flexibility index (Phi) is 4.69. The fourth-order valence-electron chi connectivity index (χ4n) is 2.74. The maximum absolute atomic E-state index is 13.0. The molecule has 1 aromatic heterocycles. The number of piperidine rings is 1. The summed E-state index contributed by atoms with van der Waals surface area (Å²) in [5.74, 6) is 0.976. The molecule has 1 aliphatic heterocycles. The van der Waals surface area contributed by atoms with E-state index in [0.29, 0.717) is 37.7 Å². The predicted octanol–water partition coefficient (Wildman–Crippen LogP) is 2.90. The molecule has 3 rings (SSSR count). The molecule has 0 saturated carbocycles. The van der Waals surface area contributed by atoms with Crippen LogP contribution < -0.4 is 0 Å². The highest BCUT2D eigenvalue weighted by atomic mass is 32.2. The minimum absolute atomic E-state index is 0.0738. The van der Waals surface area contributed by atoms with Crippen LogP contribution in [0.5, 0.6) is 0 Å². The van der Waals surface area contributed by atoms with E-state index < -0.39 is 15.8 Å². The van der Waals surface area contributed by atoms with Crippen LogP contribution in [0.15, 0.2) is 33.6 Å². The van der Waals surface area contributed by atoms with E-state index >= 15 is 0 Å². The lowest BCUT2D eigenvalue weighted by Gasteiger charge is -2.29. The summed E-state index contributed by atoms with van der Waals surface area (Å²) in [5, 5.41) is 8.12. The van der Waals surface area contributed by atoms with Crippen LogP contribution >= 0.6 is 0 Å². The first-order valence-electron chi connectivity index (χ1n) is 7.97. The highest BCUT2D eigenvalue weighted by molar-refractivity contribution is 7.89. The molecule has 0 atom stereocenters. The molecule has 1 saturated heterocycles. The summed E-state index contributed by atoms with van der Waals surface area (Å²) in [6, 6.07) is 4.91. The van der Waals surface area contributed by atoms with Gasteiger partial charge in [-0.25, -0.2) is 12.8 Å². The third-order valence-corrected chi connectivity index (χ3v) is 6.12. The fourth-order valence-corrected chi connectivity index (χ4v) is 4.21. The van der Waals surface area contributed by atoms with Crippen molar-refractivity contribution in [2.45, 2.75) is 43.4 Å². The van der Waals surface area contributed by atoms with Crippen LogP contribution in [0, 0.1) is 5.82 Å². The van der Waals surface area contributed by atoms with Gasteiger partial charge in [0.2, 0.25) is 21.8 Å². The second-order valence-corrected chi connectivity index (χ2v) is 8.20. The van der Waals surface area contributed by atoms with Crippen molar-refractivity contribution in [1.82, 2.24) is 14.5 Å². The van der Waals surface area contributed by atoms with Gasteiger partial charge in [0.05, 0.1) is 4.90 Å². The molecule has 1 fully saturated rings. The second kappa shape index (κ2) is 6.60. The molecule has 1 aromatic carbocycles. The van der Waals surface area contributed by atoms with Crippen molar-refractivity contribution >= 4 is 10.0 Å². The highest BCUT2D eigenvalue weighted by Gasteiger charge is 2.32. The Morgan fingerprint density at radius 2 is 1.79 bits per heavy atom. The number of halogens is 1. The van der Waals surface area contributed by atoms with Crippen LogP contribution in [0.3, 0.4) is 0 Å². The van der Waals surface area contributed by atoms with Gasteiger partial charge >= 0.3 is 0 Å². The van der Waals surface area contributed by atoms with Gasteiger partial charge in [-0.1, -0.05) is 13.8 Å². The van der Waals surface area contributed by atoms with Crippen LogP contribution in [-0.2, 0) is 10.0 Å². The minimum atomic E-state index is -3.59. The van der Waals surface area contributed by atoms with Crippen LogP contribution in [0.25, 0.3) is 0 Å². The molecular weight excluding hydrogens is 333 g/mol. The summed E-state index contributed by atoms with van der Waals surface area (Å²) in [6.07, 6.45) is 1.25. The van der Waals surface area contributed by atoms with Gasteiger partial charge in [-0.05, 0) is 37.1 Å². The third-order valence-electron chi connectivity index (χ3n) is 4.20. The first-order valence-corrected chi connectivity index (χ1v) is 9.41. The summed E-state index contributed by atoms with van der Waals surface area (Å²) < 4.78 is 45.3. The number of hydrogen-bond acceptors (Lipinski definition) is 5. The second-order valence-electron chi connectivity index (χ2n) is 6.27. The van der Waals surface area contributed by atoms with Crippen molar-refractivity contribution < 1.29 is 17.2 Å². The number of aromatic nitrogens is 2. The zero-order valence-corrected chi connectivity index (χ0v) is 14.5. The molecule has 0 unspecified atom stereocenters. The van der Waals surface area contributed by atoms with Crippen molar-refractivity contribution in [3.05, 3.63) is 41.9 Å². The summed E-state index contributed by atoms with van der Waals surface area (Å²) >= 11 is 0. The van der Waals surface area contributed by atoms with Crippen molar-refractivity contribution in [1.29, 1.82) is 0 Å². The Morgan fingerprint density at radius 3 is 2.33 bits per heavy atom. The topological polar surface area (TPSA) is 76.3 Å². The molecule has 0 spiro atoms. The number of benzene rings is 1. The Morgan fingerprint density at radius 1 is 1.17 bits per heavy atom. The van der Waals surface area contributed by atoms with Gasteiger partial charge in [-0.15, -0.1) is 10.2 Å². The maximum Gasteiger partial charge on any atom is 0.243 e. The molecule has 6 nitrogen and oxygen atoms in total. The van der Waals surface area contributed by atoms with Gasteiger partial charge in [0, 0.05) is 24.9 Å². The third kappa shape index (κ3) is 3.34. The lowest BCUT2D eigenvalue weighted by Crippen LogP contribution is -2.37. The number of nitrogens with zero attached hydrogens (tertiary/aromatic N) is 3. The Labute approximate surface area is 140 Å². The van der Waals surface area contributed by atoms with E-state index in [2.05, 4.69) is 10.2 Å². The zero-order valence-electron chi connectivity index (χ0n) is 13.6. The first-order chi connectivity index (χ1) is 11.4. The summed E-state index contributed by atoms with van der Waals surface area (Å²) in [5.41, 5.74) is 0. The highest BCUT2D eigenvalue weighted by Crippen LogP contribution is 2.30. The van der Waals surface area contributed by atoms with E-state index in [0.717, 1.165) is 12.1 Å². The van der Waals surface area contributed by atoms with Crippen molar-refractivity contribution in [2.75, 3.05) is 13.1 Å². The van der Waals surface area contributed by atoms with E-state index in [-0.39, 0.29) is 16.7 Å². The molecule has 0 radical (unpaired) electrons. The first kappa shape index (κ1) is 17.0. The SMILES string of the molecule is CC(C)c1nnc(C2CCN(S(=O)(=O)c3ccc(F)cc3)CC2)o1. The van der Waals surface area contributed by atoms with Gasteiger partial charge in [0.1, 0.15) is 5.82 Å². The molecular formula is C16H20FN3O3S. The van der Waals surface area contributed by atoms with Crippen molar-refractivity contribution in [3.8, 4) is 0 Å². The van der Waals surface area contributed by atoms with E-state index in [9.17, 15) is 12.8 Å². The van der Waals surface area contributed by atoms with Gasteiger partial charge < -0.3 is 4.42 Å². The zero-order chi connectivity index (χ0) is 17.3. The normalized spacial score (nSPS) is 17.5. The van der Waals surface area contributed by atoms with Gasteiger partial charge in [0.25, 0.3) is 0 Å². The van der Waals surface area contributed by atoms with Crippen LogP contribution in [0.2, 0.25) is 0 Å². The smallest absolute Gasteiger partial charge is 0.243 e. The van der Waals surface area contributed by atoms with Gasteiger partial charge in [-0.3, -0.25) is 0 Å². The lowest BCUT2D eigenvalue weighted by atomic mass is 9.98. The molecule has 2 heterocycles. The standard InChI is InChI=1S/C16H20FN3O3S/c1-11(2)15-18-19-16(23-15)12-7-9-20(10-8-12)24(21,22)14-5-3-13(17)4-6-14/h3-6,11-12H,7-10H2,1-2H3. The van der Waals surface area contributed by atoms with E-state index in [1.54, 1.807) is 0 Å². The lowest BCUT2D eigenvalue weighted by molar-refractivity contribution is 0.285. The molecule has 2 aromatic rings. The predicted molar refractivity (Wildman–Crippen MR) is 85.5 cm³/mol. The van der Waals surface area contributed by atoms with Crippen LogP contribution in [-0.4, -0.2) is 36.0 Å². The largest absolute Gasteiger partial charge is 0.425 e. The van der Waals surface area contributed by atoms with Gasteiger partial charge in [0.15, 0.2) is 0 Å². The Balaban J connectivity index is 1.68. The Hall–Kier alpha value is -1.80. The number of rotatable bonds is 4. The minimum Gasteiger partial charge on any atom is -0.425 e. The molecule has 24 heavy (non-hydrogen) atoms. The van der Waals surface area contributed by atoms with Crippen molar-refractivity contribution in [2.24, 2.45) is 0 Å². The fraction of sp³-hybridized carbons (Fsp3) is 0.500. The summed E-state index contributed by atoms with van der Waals surface area (Å²) in [6.45, 7) is 4.72. The average molecular weight is 353 g/mol. The van der Waals surface area contributed by atoms with E-state index in [1.165, 1.54) is 16.4 Å². The Bertz CT molecular complexity index is 794. The average Bonchev–Trinajstić information content (AvgIpc) is 3.06. The molecule has 0 bridgehead atoms. The van der Waals surface area contributed by atoms with E-state index in [4.69, 9.17) is 4.42 Å². The molecule has 1 aliphatic rings. The quantitative estimate of drug-likeness (QED) is 0.845. The molecule has 0 amide bonds. The summed E-state index contributed by atoms with van der Waals surface area (Å²) in [4.78, 5) is 0.113. The maximum atomic E-state index is 13.0. The number of sulfonamides is 1. The van der Waals surface area contributed by atoms with Crippen LogP contribution in [0.4, 0.5) is 4.39 Å². The summed E-state index contributed by atoms with van der Waals surface area (Å²) in [7, 11) is -3.59. The molecule has 0 aliphatic carbocycles. The number of hydrogen-bond donors (Lipinski definition) is 0. The van der Waals surface area contributed by atoms with E-state index in [1.807, 2.05) is 13.8 Å².